The van der Waals surface area contributed by atoms with Crippen LogP contribution in [0.5, 0.6) is 0 Å². The molecule has 0 atom stereocenters. The summed E-state index contributed by atoms with van der Waals surface area (Å²) in [5, 5.41) is 2.73. The second-order valence-electron chi connectivity index (χ2n) is 5.70. The van der Waals surface area contributed by atoms with E-state index < -0.39 is 11.7 Å². The molecule has 0 saturated heterocycles. The molecule has 1 aromatic heterocycles. The summed E-state index contributed by atoms with van der Waals surface area (Å²) in [6.07, 6.45) is 1.61. The Morgan fingerprint density at radius 2 is 1.92 bits per heavy atom. The molecule has 134 valence electrons. The second kappa shape index (κ2) is 8.78. The van der Waals surface area contributed by atoms with Crippen LogP contribution in [0.25, 0.3) is 0 Å². The predicted octanol–water partition coefficient (Wildman–Crippen LogP) is 4.83. The molecule has 0 aliphatic carbocycles. The van der Waals surface area contributed by atoms with Crippen molar-refractivity contribution in [3.05, 3.63) is 93.6 Å². The van der Waals surface area contributed by atoms with Crippen molar-refractivity contribution in [2.75, 3.05) is 0 Å². The summed E-state index contributed by atoms with van der Waals surface area (Å²) in [7, 11) is 0. The van der Waals surface area contributed by atoms with Crippen LogP contribution in [0.15, 0.2) is 69.8 Å². The maximum absolute atomic E-state index is 13.8. The molecule has 2 aromatic carbocycles. The van der Waals surface area contributed by atoms with Crippen LogP contribution in [0.1, 0.15) is 27.2 Å². The fraction of sp³-hybridized carbons (Fsp3) is 0.150. The Kier molecular flexibility index (Phi) is 6.20. The van der Waals surface area contributed by atoms with Gasteiger partial charge in [-0.25, -0.2) is 4.39 Å². The lowest BCUT2D eigenvalue weighted by Crippen LogP contribution is -2.23. The normalized spacial score (nSPS) is 10.7. The average Bonchev–Trinajstić information content (AvgIpc) is 3.13. The van der Waals surface area contributed by atoms with Gasteiger partial charge in [0.25, 0.3) is 5.91 Å². The number of carbonyl (C=O) groups is 1. The van der Waals surface area contributed by atoms with Gasteiger partial charge in [0.2, 0.25) is 0 Å². The maximum atomic E-state index is 13.8. The molecule has 0 bridgehead atoms. The first-order chi connectivity index (χ1) is 12.6. The van der Waals surface area contributed by atoms with Crippen molar-refractivity contribution in [2.45, 2.75) is 19.8 Å². The zero-order chi connectivity index (χ0) is 18.4. The Balaban J connectivity index is 1.54. The molecule has 0 aliphatic rings. The lowest BCUT2D eigenvalue weighted by atomic mass is 10.1. The molecule has 1 N–H and O–H groups in total. The highest BCUT2D eigenvalue weighted by Crippen LogP contribution is 2.15. The zero-order valence-corrected chi connectivity index (χ0v) is 15.5. The lowest BCUT2D eigenvalue weighted by Gasteiger charge is -2.09. The monoisotopic (exact) mass is 417 g/mol. The first-order valence-electron chi connectivity index (χ1n) is 8.03. The van der Waals surface area contributed by atoms with Crippen LogP contribution in [0.3, 0.4) is 0 Å². The minimum Gasteiger partial charge on any atom is -0.467 e. The third-order valence-electron chi connectivity index (χ3n) is 3.71. The molecule has 3 aromatic rings. The van der Waals surface area contributed by atoms with Crippen molar-refractivity contribution >= 4 is 21.8 Å². The van der Waals surface area contributed by atoms with E-state index in [1.54, 1.807) is 12.3 Å². The van der Waals surface area contributed by atoms with Crippen molar-refractivity contribution in [1.82, 2.24) is 5.32 Å². The molecule has 0 saturated carbocycles. The van der Waals surface area contributed by atoms with E-state index in [0.717, 1.165) is 16.9 Å². The number of carbonyl (C=O) groups excluding carboxylic acids is 1. The highest BCUT2D eigenvalue weighted by atomic mass is 79.9. The van der Waals surface area contributed by atoms with E-state index in [1.165, 1.54) is 12.1 Å². The Hall–Kier alpha value is -2.44. The summed E-state index contributed by atoms with van der Waals surface area (Å²) >= 11 is 3.17. The van der Waals surface area contributed by atoms with Gasteiger partial charge in [-0.1, -0.05) is 40.2 Å². The number of hydrogen-bond donors (Lipinski definition) is 1. The minimum atomic E-state index is -0.558. The highest BCUT2D eigenvalue weighted by molar-refractivity contribution is 9.10. The van der Waals surface area contributed by atoms with Gasteiger partial charge in [-0.3, -0.25) is 4.79 Å². The number of amides is 1. The third-order valence-corrected chi connectivity index (χ3v) is 4.21. The van der Waals surface area contributed by atoms with Crippen molar-refractivity contribution in [1.29, 1.82) is 0 Å². The predicted molar refractivity (Wildman–Crippen MR) is 98.9 cm³/mol. The van der Waals surface area contributed by atoms with Crippen molar-refractivity contribution in [3.8, 4) is 0 Å². The summed E-state index contributed by atoms with van der Waals surface area (Å²) in [6.45, 7) is 1.14. The molecule has 4 nitrogen and oxygen atoms in total. The molecular weight excluding hydrogens is 401 g/mol. The molecule has 0 radical (unpaired) electrons. The number of furan rings is 1. The van der Waals surface area contributed by atoms with E-state index in [2.05, 4.69) is 21.2 Å². The van der Waals surface area contributed by atoms with Gasteiger partial charge < -0.3 is 14.5 Å². The van der Waals surface area contributed by atoms with E-state index >= 15 is 0 Å². The maximum Gasteiger partial charge on any atom is 0.254 e. The minimum absolute atomic E-state index is 0.0196. The van der Waals surface area contributed by atoms with Crippen LogP contribution in [0.2, 0.25) is 0 Å². The lowest BCUT2D eigenvalue weighted by molar-refractivity contribution is 0.0928. The molecule has 3 rings (SSSR count). The fourth-order valence-electron chi connectivity index (χ4n) is 2.44. The second-order valence-corrected chi connectivity index (χ2v) is 6.61. The number of halogens is 2. The largest absolute Gasteiger partial charge is 0.467 e. The number of ether oxygens (including phenoxy) is 1. The standard InChI is InChI=1S/C20H17BrFNO3/c21-16-6-7-18(19(22)10-16)20(24)23-11-14-3-1-4-15(9-14)12-25-13-17-5-2-8-26-17/h1-10H,11-13H2,(H,23,24). The van der Waals surface area contributed by atoms with Gasteiger partial charge in [0, 0.05) is 11.0 Å². The van der Waals surface area contributed by atoms with Gasteiger partial charge >= 0.3 is 0 Å². The smallest absolute Gasteiger partial charge is 0.254 e. The van der Waals surface area contributed by atoms with Gasteiger partial charge in [0.05, 0.1) is 18.4 Å². The van der Waals surface area contributed by atoms with E-state index in [1.807, 2.05) is 36.4 Å². The van der Waals surface area contributed by atoms with Crippen LogP contribution < -0.4 is 5.32 Å². The molecule has 1 amide bonds. The van der Waals surface area contributed by atoms with Crippen molar-refractivity contribution in [3.63, 3.8) is 0 Å². The third kappa shape index (κ3) is 5.03. The van der Waals surface area contributed by atoms with Gasteiger partial charge in [-0.2, -0.15) is 0 Å². The van der Waals surface area contributed by atoms with Crippen molar-refractivity contribution in [2.24, 2.45) is 0 Å². The molecule has 6 heteroatoms. The number of rotatable bonds is 7. The number of benzene rings is 2. The van der Waals surface area contributed by atoms with Crippen LogP contribution >= 0.6 is 15.9 Å². The van der Waals surface area contributed by atoms with Gasteiger partial charge in [-0.05, 0) is 41.5 Å². The molecule has 0 aliphatic heterocycles. The summed E-state index contributed by atoms with van der Waals surface area (Å²) in [5.74, 6) is -0.239. The molecular formula is C20H17BrFNO3. The van der Waals surface area contributed by atoms with Gasteiger partial charge in [0.15, 0.2) is 0 Å². The Labute approximate surface area is 159 Å². The topological polar surface area (TPSA) is 51.5 Å². The molecule has 26 heavy (non-hydrogen) atoms. The summed E-state index contributed by atoms with van der Waals surface area (Å²) in [6, 6.07) is 15.7. The molecule has 0 fully saturated rings. The molecule has 0 spiro atoms. The van der Waals surface area contributed by atoms with Gasteiger partial charge in [-0.15, -0.1) is 0 Å². The number of hydrogen-bond acceptors (Lipinski definition) is 3. The summed E-state index contributed by atoms with van der Waals surface area (Å²) in [5.41, 5.74) is 1.92. The summed E-state index contributed by atoms with van der Waals surface area (Å²) < 4.78 is 25.2. The van der Waals surface area contributed by atoms with Crippen molar-refractivity contribution < 1.29 is 18.3 Å². The van der Waals surface area contributed by atoms with Crippen LogP contribution in [-0.2, 0) is 24.5 Å². The highest BCUT2D eigenvalue weighted by Gasteiger charge is 2.11. The molecule has 0 unspecified atom stereocenters. The van der Waals surface area contributed by atoms with Crippen LogP contribution in [0, 0.1) is 5.82 Å². The SMILES string of the molecule is O=C(NCc1cccc(COCc2ccco2)c1)c1ccc(Br)cc1F. The van der Waals surface area contributed by atoms with E-state index in [-0.39, 0.29) is 5.56 Å². The van der Waals surface area contributed by atoms with E-state index in [4.69, 9.17) is 9.15 Å². The van der Waals surface area contributed by atoms with Gasteiger partial charge in [0.1, 0.15) is 18.2 Å². The zero-order valence-electron chi connectivity index (χ0n) is 13.9. The first kappa shape index (κ1) is 18.4. The Morgan fingerprint density at radius 3 is 2.69 bits per heavy atom. The Morgan fingerprint density at radius 1 is 1.08 bits per heavy atom. The number of nitrogens with one attached hydrogen (secondary N) is 1. The van der Waals surface area contributed by atoms with Crippen LogP contribution in [-0.4, -0.2) is 5.91 Å². The quantitative estimate of drug-likeness (QED) is 0.598. The Bertz CT molecular complexity index is 881. The fourth-order valence-corrected chi connectivity index (χ4v) is 2.78. The van der Waals surface area contributed by atoms with Crippen LogP contribution in [0.4, 0.5) is 4.39 Å². The summed E-state index contributed by atoms with van der Waals surface area (Å²) in [4.78, 5) is 12.1. The first-order valence-corrected chi connectivity index (χ1v) is 8.82. The van der Waals surface area contributed by atoms with E-state index in [9.17, 15) is 9.18 Å². The van der Waals surface area contributed by atoms with E-state index in [0.29, 0.717) is 24.2 Å². The average molecular weight is 418 g/mol. The molecule has 1 heterocycles.